The fourth-order valence-corrected chi connectivity index (χ4v) is 2.79. The van der Waals surface area contributed by atoms with Gasteiger partial charge in [0.1, 0.15) is 5.52 Å². The summed E-state index contributed by atoms with van der Waals surface area (Å²) in [6.07, 6.45) is 0. The van der Waals surface area contributed by atoms with Gasteiger partial charge in [-0.25, -0.2) is 4.98 Å². The van der Waals surface area contributed by atoms with Crippen LogP contribution in [0.2, 0.25) is 0 Å². The molecule has 1 amide bonds. The van der Waals surface area contributed by atoms with E-state index in [0.29, 0.717) is 22.7 Å². The van der Waals surface area contributed by atoms with Crippen molar-refractivity contribution >= 4 is 49.4 Å². The van der Waals surface area contributed by atoms with Crippen LogP contribution in [0.15, 0.2) is 65.1 Å². The second-order valence-electron chi connectivity index (χ2n) is 5.45. The molecule has 5 heteroatoms. The Balaban J connectivity index is 1.74. The molecular weight excluding hydrogens is 368 g/mol. The minimum Gasteiger partial charge on any atom is -0.436 e. The van der Waals surface area contributed by atoms with E-state index in [1.807, 2.05) is 30.3 Å². The van der Waals surface area contributed by atoms with Gasteiger partial charge in [-0.05, 0) is 41.1 Å². The molecule has 0 radical (unpaired) electrons. The van der Waals surface area contributed by atoms with Crippen molar-refractivity contribution < 1.29 is 9.21 Å². The third-order valence-electron chi connectivity index (χ3n) is 3.79. The van der Waals surface area contributed by atoms with E-state index < -0.39 is 0 Å². The number of hydrogen-bond donors (Lipinski definition) is 1. The molecule has 3 aromatic carbocycles. The van der Waals surface area contributed by atoms with Crippen molar-refractivity contribution in [2.24, 2.45) is 0 Å². The summed E-state index contributed by atoms with van der Waals surface area (Å²) in [5.41, 5.74) is 3.03. The van der Waals surface area contributed by atoms with Gasteiger partial charge in [0.15, 0.2) is 5.58 Å². The molecular formula is C19H13BrN2O2. The number of rotatable bonds is 3. The first kappa shape index (κ1) is 14.9. The van der Waals surface area contributed by atoms with Crippen molar-refractivity contribution in [3.8, 4) is 11.5 Å². The number of carbonyl (C=O) groups is 1. The summed E-state index contributed by atoms with van der Waals surface area (Å²) in [7, 11) is 0. The van der Waals surface area contributed by atoms with Crippen LogP contribution >= 0.6 is 15.9 Å². The maximum Gasteiger partial charge on any atom is 0.235 e. The van der Waals surface area contributed by atoms with E-state index >= 15 is 0 Å². The van der Waals surface area contributed by atoms with Crippen LogP contribution in [0, 0.1) is 0 Å². The van der Waals surface area contributed by atoms with E-state index in [1.54, 1.807) is 6.07 Å². The van der Waals surface area contributed by atoms with Crippen molar-refractivity contribution in [3.05, 3.63) is 60.7 Å². The smallest absolute Gasteiger partial charge is 0.235 e. The van der Waals surface area contributed by atoms with Gasteiger partial charge in [0.25, 0.3) is 0 Å². The largest absolute Gasteiger partial charge is 0.436 e. The Morgan fingerprint density at radius 3 is 2.71 bits per heavy atom. The Labute approximate surface area is 146 Å². The molecule has 0 fully saturated rings. The van der Waals surface area contributed by atoms with E-state index in [4.69, 9.17) is 4.42 Å². The molecule has 0 saturated heterocycles. The van der Waals surface area contributed by atoms with Gasteiger partial charge in [-0.2, -0.15) is 0 Å². The molecule has 1 N–H and O–H groups in total. The van der Waals surface area contributed by atoms with Gasteiger partial charge >= 0.3 is 0 Å². The van der Waals surface area contributed by atoms with Gasteiger partial charge in [0.05, 0.1) is 5.33 Å². The lowest BCUT2D eigenvalue weighted by molar-refractivity contribution is -0.113. The van der Waals surface area contributed by atoms with Crippen LogP contribution in [-0.2, 0) is 4.79 Å². The first-order valence-electron chi connectivity index (χ1n) is 7.48. The van der Waals surface area contributed by atoms with Crippen LogP contribution in [0.5, 0.6) is 0 Å². The number of alkyl halides is 1. The number of fused-ring (bicyclic) bond motifs is 2. The fraction of sp³-hybridized carbons (Fsp3) is 0.0526. The molecule has 0 bridgehead atoms. The van der Waals surface area contributed by atoms with Crippen molar-refractivity contribution in [1.82, 2.24) is 4.98 Å². The lowest BCUT2D eigenvalue weighted by Gasteiger charge is -2.01. The minimum absolute atomic E-state index is 0.104. The summed E-state index contributed by atoms with van der Waals surface area (Å²) in [6.45, 7) is 0. The number of aromatic nitrogens is 1. The van der Waals surface area contributed by atoms with Crippen molar-refractivity contribution in [1.29, 1.82) is 0 Å². The van der Waals surface area contributed by atoms with Crippen molar-refractivity contribution in [2.75, 3.05) is 10.6 Å². The maximum absolute atomic E-state index is 11.5. The lowest BCUT2D eigenvalue weighted by Crippen LogP contribution is -2.11. The number of halogens is 1. The average Bonchev–Trinajstić information content (AvgIpc) is 3.04. The van der Waals surface area contributed by atoms with E-state index in [1.165, 1.54) is 5.39 Å². The Hall–Kier alpha value is -2.66. The Morgan fingerprint density at radius 2 is 1.88 bits per heavy atom. The summed E-state index contributed by atoms with van der Waals surface area (Å²) in [5.74, 6) is 0.465. The topological polar surface area (TPSA) is 55.1 Å². The van der Waals surface area contributed by atoms with Gasteiger partial charge < -0.3 is 9.73 Å². The predicted molar refractivity (Wildman–Crippen MR) is 99.4 cm³/mol. The number of nitrogens with zero attached hydrogens (tertiary/aromatic N) is 1. The van der Waals surface area contributed by atoms with Crippen LogP contribution in [0.25, 0.3) is 33.3 Å². The molecule has 0 unspecified atom stereocenters. The van der Waals surface area contributed by atoms with E-state index in [9.17, 15) is 4.79 Å². The average molecular weight is 381 g/mol. The number of hydrogen-bond acceptors (Lipinski definition) is 3. The predicted octanol–water partition coefficient (Wildman–Crippen LogP) is 4.98. The number of benzene rings is 3. The van der Waals surface area contributed by atoms with Gasteiger partial charge in [-0.3, -0.25) is 4.79 Å². The zero-order valence-electron chi connectivity index (χ0n) is 12.6. The SMILES string of the molecule is O=C(CBr)Nc1ccc2oc(-c3ccc4ccccc4c3)nc2c1. The number of oxazole rings is 1. The first-order chi connectivity index (χ1) is 11.7. The second-order valence-corrected chi connectivity index (χ2v) is 6.01. The Bertz CT molecular complexity index is 1060. The van der Waals surface area contributed by atoms with Crippen molar-refractivity contribution in [2.45, 2.75) is 0 Å². The molecule has 0 saturated carbocycles. The number of anilines is 1. The molecule has 4 rings (SSSR count). The van der Waals surface area contributed by atoms with Gasteiger partial charge in [0, 0.05) is 11.3 Å². The molecule has 0 atom stereocenters. The third kappa shape index (κ3) is 2.78. The third-order valence-corrected chi connectivity index (χ3v) is 4.30. The van der Waals surface area contributed by atoms with Crippen LogP contribution in [0.4, 0.5) is 5.69 Å². The van der Waals surface area contributed by atoms with Gasteiger partial charge in [0.2, 0.25) is 11.8 Å². The molecule has 0 aliphatic heterocycles. The molecule has 1 aromatic heterocycles. The standard InChI is InChI=1S/C19H13BrN2O2/c20-11-18(23)21-15-7-8-17-16(10-15)22-19(24-17)14-6-5-12-3-1-2-4-13(12)9-14/h1-10H,11H2,(H,21,23). The highest BCUT2D eigenvalue weighted by Gasteiger charge is 2.10. The minimum atomic E-state index is -0.104. The van der Waals surface area contributed by atoms with Crippen molar-refractivity contribution in [3.63, 3.8) is 0 Å². The fourth-order valence-electron chi connectivity index (χ4n) is 2.65. The van der Waals surface area contributed by atoms with Crippen LogP contribution < -0.4 is 5.32 Å². The molecule has 24 heavy (non-hydrogen) atoms. The number of carbonyl (C=O) groups excluding carboxylic acids is 1. The van der Waals surface area contributed by atoms with E-state index in [0.717, 1.165) is 10.9 Å². The highest BCUT2D eigenvalue weighted by atomic mass is 79.9. The van der Waals surface area contributed by atoms with E-state index in [2.05, 4.69) is 50.5 Å². The molecule has 4 nitrogen and oxygen atoms in total. The zero-order valence-corrected chi connectivity index (χ0v) is 14.2. The van der Waals surface area contributed by atoms with Crippen LogP contribution in [-0.4, -0.2) is 16.2 Å². The quantitative estimate of drug-likeness (QED) is 0.509. The Morgan fingerprint density at radius 1 is 1.04 bits per heavy atom. The summed E-state index contributed by atoms with van der Waals surface area (Å²) in [4.78, 5) is 16.0. The van der Waals surface area contributed by atoms with E-state index in [-0.39, 0.29) is 11.2 Å². The van der Waals surface area contributed by atoms with Gasteiger partial charge in [-0.1, -0.05) is 46.3 Å². The first-order valence-corrected chi connectivity index (χ1v) is 8.61. The summed E-state index contributed by atoms with van der Waals surface area (Å²) >= 11 is 3.13. The molecule has 0 aliphatic rings. The zero-order chi connectivity index (χ0) is 16.5. The summed E-state index contributed by atoms with van der Waals surface area (Å²) < 4.78 is 5.86. The molecule has 1 heterocycles. The summed E-state index contributed by atoms with van der Waals surface area (Å²) in [5, 5.41) is 5.36. The monoisotopic (exact) mass is 380 g/mol. The lowest BCUT2D eigenvalue weighted by atomic mass is 10.1. The molecule has 118 valence electrons. The van der Waals surface area contributed by atoms with Crippen LogP contribution in [0.3, 0.4) is 0 Å². The second kappa shape index (κ2) is 6.09. The number of amides is 1. The number of nitrogens with one attached hydrogen (secondary N) is 1. The highest BCUT2D eigenvalue weighted by Crippen LogP contribution is 2.28. The maximum atomic E-state index is 11.5. The summed E-state index contributed by atoms with van der Waals surface area (Å²) in [6, 6.07) is 19.7. The Kier molecular flexibility index (Phi) is 3.78. The molecule has 0 aliphatic carbocycles. The molecule has 0 spiro atoms. The normalized spacial score (nSPS) is 11.0. The van der Waals surface area contributed by atoms with Gasteiger partial charge in [-0.15, -0.1) is 0 Å². The van der Waals surface area contributed by atoms with Crippen LogP contribution in [0.1, 0.15) is 0 Å². The molecule has 4 aromatic rings. The highest BCUT2D eigenvalue weighted by molar-refractivity contribution is 9.09.